The molecule has 0 aliphatic carbocycles. The Labute approximate surface area is 161 Å². The third-order valence-electron chi connectivity index (χ3n) is 3.60. The molecule has 9 heteroatoms. The van der Waals surface area contributed by atoms with Crippen LogP contribution in [0.25, 0.3) is 0 Å². The summed E-state index contributed by atoms with van der Waals surface area (Å²) in [5.41, 5.74) is 0.716. The van der Waals surface area contributed by atoms with Gasteiger partial charge in [0, 0.05) is 12.1 Å². The van der Waals surface area contributed by atoms with Gasteiger partial charge in [0.15, 0.2) is 0 Å². The monoisotopic (exact) mass is 397 g/mol. The minimum Gasteiger partial charge on any atom is -0.457 e. The van der Waals surface area contributed by atoms with E-state index in [-0.39, 0.29) is 10.6 Å². The Morgan fingerprint density at radius 3 is 2.04 bits per heavy atom. The third kappa shape index (κ3) is 4.92. The second kappa shape index (κ2) is 8.31. The first-order valence-electron chi connectivity index (χ1n) is 8.06. The molecule has 3 aromatic rings. The number of ether oxygens (including phenoxy) is 1. The Balaban J connectivity index is 1.65. The first-order chi connectivity index (χ1) is 13.4. The average molecular weight is 397 g/mol. The number of hydrogen-bond acceptors (Lipinski definition) is 6. The van der Waals surface area contributed by atoms with E-state index in [1.807, 2.05) is 18.2 Å². The van der Waals surface area contributed by atoms with Gasteiger partial charge >= 0.3 is 0 Å². The van der Waals surface area contributed by atoms with Crippen molar-refractivity contribution in [1.29, 1.82) is 0 Å². The van der Waals surface area contributed by atoms with Crippen molar-refractivity contribution < 1.29 is 18.1 Å². The summed E-state index contributed by atoms with van der Waals surface area (Å²) in [6.45, 7) is 0. The Hall–Kier alpha value is -3.72. The molecule has 0 saturated carbocycles. The van der Waals surface area contributed by atoms with E-state index in [2.05, 4.69) is 9.93 Å². The molecule has 0 spiro atoms. The van der Waals surface area contributed by atoms with Crippen LogP contribution in [0.4, 0.5) is 5.69 Å². The third-order valence-corrected chi connectivity index (χ3v) is 4.84. The van der Waals surface area contributed by atoms with Gasteiger partial charge in [-0.2, -0.15) is 13.5 Å². The van der Waals surface area contributed by atoms with E-state index >= 15 is 0 Å². The van der Waals surface area contributed by atoms with Crippen LogP contribution in [0.2, 0.25) is 0 Å². The maximum absolute atomic E-state index is 12.3. The lowest BCUT2D eigenvalue weighted by atomic mass is 10.2. The van der Waals surface area contributed by atoms with Gasteiger partial charge in [0.1, 0.15) is 11.5 Å². The zero-order chi connectivity index (χ0) is 20.0. The van der Waals surface area contributed by atoms with Crippen molar-refractivity contribution in [3.8, 4) is 11.5 Å². The van der Waals surface area contributed by atoms with E-state index in [4.69, 9.17) is 4.74 Å². The lowest BCUT2D eigenvalue weighted by Gasteiger charge is -2.07. The molecule has 0 aliphatic rings. The summed E-state index contributed by atoms with van der Waals surface area (Å²) in [6.07, 6.45) is 1.41. The standard InChI is InChI=1S/C19H15N3O5S/c23-22(24)16-6-8-17(9-7-16)27-18-10-12-19(13-11-18)28(25,26)21-20-14-15-4-2-1-3-5-15/h1-14,21H/b20-14+. The molecule has 0 unspecified atom stereocenters. The molecule has 0 bridgehead atoms. The normalized spacial score (nSPS) is 11.3. The lowest BCUT2D eigenvalue weighted by Crippen LogP contribution is -2.18. The van der Waals surface area contributed by atoms with Crippen LogP contribution >= 0.6 is 0 Å². The van der Waals surface area contributed by atoms with Crippen LogP contribution in [-0.4, -0.2) is 19.6 Å². The molecule has 3 rings (SSSR count). The molecule has 0 saturated heterocycles. The van der Waals surface area contributed by atoms with Crippen molar-refractivity contribution in [1.82, 2.24) is 4.83 Å². The quantitative estimate of drug-likeness (QED) is 0.371. The second-order valence-electron chi connectivity index (χ2n) is 5.59. The summed E-state index contributed by atoms with van der Waals surface area (Å²) in [5, 5.41) is 14.4. The minimum atomic E-state index is -3.81. The smallest absolute Gasteiger partial charge is 0.276 e. The zero-order valence-corrected chi connectivity index (χ0v) is 15.2. The first-order valence-corrected chi connectivity index (χ1v) is 9.55. The molecular weight excluding hydrogens is 382 g/mol. The fourth-order valence-corrected chi connectivity index (χ4v) is 3.01. The molecule has 0 amide bonds. The summed E-state index contributed by atoms with van der Waals surface area (Å²) in [5.74, 6) is 0.785. The molecule has 142 valence electrons. The van der Waals surface area contributed by atoms with Gasteiger partial charge in [0.25, 0.3) is 15.7 Å². The van der Waals surface area contributed by atoms with Gasteiger partial charge in [-0.15, -0.1) is 0 Å². The number of sulfonamides is 1. The zero-order valence-electron chi connectivity index (χ0n) is 14.4. The van der Waals surface area contributed by atoms with Crippen LogP contribution in [0.1, 0.15) is 5.56 Å². The largest absolute Gasteiger partial charge is 0.457 e. The van der Waals surface area contributed by atoms with Crippen molar-refractivity contribution >= 4 is 21.9 Å². The number of nitro benzene ring substituents is 1. The summed E-state index contributed by atoms with van der Waals surface area (Å²) in [4.78, 5) is 12.3. The van der Waals surface area contributed by atoms with Gasteiger partial charge in [-0.3, -0.25) is 10.1 Å². The molecule has 0 radical (unpaired) electrons. The maximum Gasteiger partial charge on any atom is 0.276 e. The number of non-ortho nitro benzene ring substituents is 1. The highest BCUT2D eigenvalue weighted by atomic mass is 32.2. The Kier molecular flexibility index (Phi) is 5.66. The van der Waals surface area contributed by atoms with Crippen LogP contribution in [0.3, 0.4) is 0 Å². The van der Waals surface area contributed by atoms with Crippen molar-refractivity contribution in [2.75, 3.05) is 0 Å². The summed E-state index contributed by atoms with van der Waals surface area (Å²) in [7, 11) is -3.81. The average Bonchev–Trinajstić information content (AvgIpc) is 2.69. The number of hydrazone groups is 1. The molecule has 8 nitrogen and oxygen atoms in total. The van der Waals surface area contributed by atoms with E-state index < -0.39 is 14.9 Å². The first kappa shape index (κ1) is 19.1. The van der Waals surface area contributed by atoms with E-state index in [1.165, 1.54) is 54.7 Å². The van der Waals surface area contributed by atoms with Gasteiger partial charge in [-0.25, -0.2) is 4.83 Å². The Bertz CT molecular complexity index is 1080. The van der Waals surface area contributed by atoms with Crippen molar-refractivity contribution in [3.05, 3.63) is 94.5 Å². The van der Waals surface area contributed by atoms with Gasteiger partial charge in [-0.05, 0) is 42.0 Å². The van der Waals surface area contributed by atoms with E-state index in [0.717, 1.165) is 5.56 Å². The van der Waals surface area contributed by atoms with E-state index in [0.29, 0.717) is 11.5 Å². The van der Waals surface area contributed by atoms with Crippen LogP contribution < -0.4 is 9.57 Å². The topological polar surface area (TPSA) is 111 Å². The van der Waals surface area contributed by atoms with Gasteiger partial charge < -0.3 is 4.74 Å². The molecule has 1 N–H and O–H groups in total. The predicted molar refractivity (Wildman–Crippen MR) is 104 cm³/mol. The van der Waals surface area contributed by atoms with Crippen LogP contribution in [0, 0.1) is 10.1 Å². The fraction of sp³-hybridized carbons (Fsp3) is 0. The van der Waals surface area contributed by atoms with Crippen LogP contribution in [0.5, 0.6) is 11.5 Å². The molecule has 0 fully saturated rings. The summed E-state index contributed by atoms with van der Waals surface area (Å²) < 4.78 is 30.1. The molecule has 0 atom stereocenters. The predicted octanol–water partition coefficient (Wildman–Crippen LogP) is 3.70. The van der Waals surface area contributed by atoms with Crippen molar-refractivity contribution in [2.45, 2.75) is 4.90 Å². The number of benzene rings is 3. The van der Waals surface area contributed by atoms with Gasteiger partial charge in [0.2, 0.25) is 0 Å². The van der Waals surface area contributed by atoms with Crippen LogP contribution in [-0.2, 0) is 10.0 Å². The number of nitrogens with one attached hydrogen (secondary N) is 1. The van der Waals surface area contributed by atoms with Crippen LogP contribution in [0.15, 0.2) is 88.9 Å². The highest BCUT2D eigenvalue weighted by Crippen LogP contribution is 2.24. The van der Waals surface area contributed by atoms with Crippen molar-refractivity contribution in [2.24, 2.45) is 5.10 Å². The number of rotatable bonds is 7. The highest BCUT2D eigenvalue weighted by Gasteiger charge is 2.13. The van der Waals surface area contributed by atoms with E-state index in [1.54, 1.807) is 12.1 Å². The molecule has 0 heterocycles. The number of hydrogen-bond donors (Lipinski definition) is 1. The molecule has 0 aromatic heterocycles. The minimum absolute atomic E-state index is 0.0220. The Morgan fingerprint density at radius 1 is 0.893 bits per heavy atom. The Morgan fingerprint density at radius 2 is 1.46 bits per heavy atom. The number of nitro groups is 1. The molecule has 0 aliphatic heterocycles. The highest BCUT2D eigenvalue weighted by molar-refractivity contribution is 7.89. The summed E-state index contributed by atoms with van der Waals surface area (Å²) in [6, 6.07) is 20.4. The number of nitrogens with zero attached hydrogens (tertiary/aromatic N) is 2. The maximum atomic E-state index is 12.3. The van der Waals surface area contributed by atoms with Gasteiger partial charge in [0.05, 0.1) is 16.0 Å². The fourth-order valence-electron chi connectivity index (χ4n) is 2.22. The summed E-state index contributed by atoms with van der Waals surface area (Å²) >= 11 is 0. The molecule has 28 heavy (non-hydrogen) atoms. The lowest BCUT2D eigenvalue weighted by molar-refractivity contribution is -0.384. The molecular formula is C19H15N3O5S. The second-order valence-corrected chi connectivity index (χ2v) is 7.25. The molecule has 3 aromatic carbocycles. The SMILES string of the molecule is O=[N+]([O-])c1ccc(Oc2ccc(S(=O)(=O)N/N=C/c3ccccc3)cc2)cc1. The van der Waals surface area contributed by atoms with E-state index in [9.17, 15) is 18.5 Å². The van der Waals surface area contributed by atoms with Gasteiger partial charge in [-0.1, -0.05) is 30.3 Å². The van der Waals surface area contributed by atoms with Crippen molar-refractivity contribution in [3.63, 3.8) is 0 Å².